The molecule has 0 aliphatic carbocycles. The van der Waals surface area contributed by atoms with Crippen molar-refractivity contribution in [1.29, 1.82) is 0 Å². The van der Waals surface area contributed by atoms with Gasteiger partial charge in [-0.05, 0) is 37.1 Å². The quantitative estimate of drug-likeness (QED) is 0.357. The van der Waals surface area contributed by atoms with Gasteiger partial charge in [0, 0.05) is 30.2 Å². The monoisotopic (exact) mass is 452 g/mol. The van der Waals surface area contributed by atoms with Crippen molar-refractivity contribution in [3.8, 4) is 0 Å². The molecule has 0 saturated heterocycles. The van der Waals surface area contributed by atoms with Gasteiger partial charge in [-0.1, -0.05) is 24.3 Å². The Morgan fingerprint density at radius 1 is 1.15 bits per heavy atom. The molecule has 1 aliphatic heterocycles. The van der Waals surface area contributed by atoms with Gasteiger partial charge in [-0.15, -0.1) is 0 Å². The van der Waals surface area contributed by atoms with Crippen molar-refractivity contribution in [2.75, 3.05) is 13.7 Å². The summed E-state index contributed by atoms with van der Waals surface area (Å²) in [5.74, 6) is -1.99. The highest BCUT2D eigenvalue weighted by Gasteiger charge is 2.37. The molecule has 0 bridgehead atoms. The highest BCUT2D eigenvalue weighted by molar-refractivity contribution is 5.96. The average molecular weight is 452 g/mol. The number of nitro benzene ring substituents is 1. The van der Waals surface area contributed by atoms with Crippen LogP contribution >= 0.6 is 0 Å². The highest BCUT2D eigenvalue weighted by atomic mass is 16.6. The molecule has 0 spiro atoms. The van der Waals surface area contributed by atoms with Crippen LogP contribution in [0.25, 0.3) is 0 Å². The van der Waals surface area contributed by atoms with E-state index in [1.807, 2.05) is 0 Å². The van der Waals surface area contributed by atoms with Crippen molar-refractivity contribution in [3.63, 3.8) is 0 Å². The van der Waals surface area contributed by atoms with Crippen molar-refractivity contribution < 1.29 is 28.8 Å². The molecule has 2 aromatic carbocycles. The molecule has 9 nitrogen and oxygen atoms in total. The van der Waals surface area contributed by atoms with E-state index < -0.39 is 22.8 Å². The molecule has 1 heterocycles. The molecule has 0 fully saturated rings. The fourth-order valence-corrected chi connectivity index (χ4v) is 3.91. The Kier molecular flexibility index (Phi) is 7.22. The fraction of sp³-hybridized carbons (Fsp3) is 0.292. The molecule has 2 aromatic rings. The summed E-state index contributed by atoms with van der Waals surface area (Å²) in [7, 11) is 1.29. The molecule has 33 heavy (non-hydrogen) atoms. The Balaban J connectivity index is 2.03. The zero-order chi connectivity index (χ0) is 24.1. The molecular weight excluding hydrogens is 428 g/mol. The number of benzene rings is 2. The van der Waals surface area contributed by atoms with Gasteiger partial charge in [0.1, 0.15) is 0 Å². The van der Waals surface area contributed by atoms with Gasteiger partial charge in [0.05, 0.1) is 36.3 Å². The molecule has 0 radical (unpaired) electrons. The third-order valence-electron chi connectivity index (χ3n) is 5.49. The first-order valence-corrected chi connectivity index (χ1v) is 10.4. The number of allylic oxidation sites excluding steroid dienone is 1. The number of esters is 2. The summed E-state index contributed by atoms with van der Waals surface area (Å²) in [5.41, 5.74) is 2.09. The lowest BCUT2D eigenvalue weighted by atomic mass is 9.83. The second-order valence-corrected chi connectivity index (χ2v) is 7.50. The molecule has 1 aliphatic rings. The van der Waals surface area contributed by atoms with Crippen LogP contribution in [0.1, 0.15) is 47.7 Å². The SMILES string of the molecule is CCOC(=O)C1=C(C)N(Cc2cccc(C(=O)OC)c2)C(=O)CC1c1cccc([N+](=O)[O-])c1. The van der Waals surface area contributed by atoms with Crippen LogP contribution in [0.5, 0.6) is 0 Å². The third-order valence-corrected chi connectivity index (χ3v) is 5.49. The van der Waals surface area contributed by atoms with E-state index in [-0.39, 0.29) is 36.7 Å². The van der Waals surface area contributed by atoms with E-state index >= 15 is 0 Å². The summed E-state index contributed by atoms with van der Waals surface area (Å²) >= 11 is 0. The molecule has 9 heteroatoms. The van der Waals surface area contributed by atoms with Gasteiger partial charge in [0.25, 0.3) is 5.69 Å². The summed E-state index contributed by atoms with van der Waals surface area (Å²) in [6.45, 7) is 3.62. The maximum absolute atomic E-state index is 13.1. The minimum absolute atomic E-state index is 0.0522. The number of hydrogen-bond donors (Lipinski definition) is 0. The number of carbonyl (C=O) groups is 3. The molecule has 0 saturated carbocycles. The molecule has 0 N–H and O–H groups in total. The van der Waals surface area contributed by atoms with Crippen molar-refractivity contribution in [2.24, 2.45) is 0 Å². The van der Waals surface area contributed by atoms with Gasteiger partial charge in [-0.3, -0.25) is 14.9 Å². The second-order valence-electron chi connectivity index (χ2n) is 7.50. The smallest absolute Gasteiger partial charge is 0.337 e. The standard InChI is InChI=1S/C24H24N2O7/c1-4-33-24(29)22-15(2)25(14-16-7-5-9-18(11-16)23(28)32-3)21(27)13-20(22)17-8-6-10-19(12-17)26(30)31/h5-12,20H,4,13-14H2,1-3H3. The molecule has 1 amide bonds. The Morgan fingerprint density at radius 2 is 1.88 bits per heavy atom. The molecule has 172 valence electrons. The molecule has 1 atom stereocenters. The zero-order valence-electron chi connectivity index (χ0n) is 18.6. The van der Waals surface area contributed by atoms with Gasteiger partial charge in [0.15, 0.2) is 0 Å². The first kappa shape index (κ1) is 23.6. The number of carbonyl (C=O) groups excluding carboxylic acids is 3. The topological polar surface area (TPSA) is 116 Å². The molecule has 1 unspecified atom stereocenters. The van der Waals surface area contributed by atoms with Gasteiger partial charge in [-0.25, -0.2) is 9.59 Å². The summed E-state index contributed by atoms with van der Waals surface area (Å²) < 4.78 is 10.0. The number of nitro groups is 1. The first-order chi connectivity index (χ1) is 15.8. The van der Waals surface area contributed by atoms with Crippen molar-refractivity contribution in [3.05, 3.63) is 86.6 Å². The number of methoxy groups -OCH3 is 1. The van der Waals surface area contributed by atoms with Gasteiger partial charge in [0.2, 0.25) is 5.91 Å². The van der Waals surface area contributed by atoms with E-state index in [4.69, 9.17) is 9.47 Å². The summed E-state index contributed by atoms with van der Waals surface area (Å²) in [5, 5.41) is 11.2. The summed E-state index contributed by atoms with van der Waals surface area (Å²) in [6.07, 6.45) is -0.0522. The van der Waals surface area contributed by atoms with E-state index in [2.05, 4.69) is 0 Å². The van der Waals surface area contributed by atoms with Crippen LogP contribution in [0, 0.1) is 10.1 Å². The van der Waals surface area contributed by atoms with Crippen LogP contribution in [-0.4, -0.2) is 41.4 Å². The largest absolute Gasteiger partial charge is 0.465 e. The van der Waals surface area contributed by atoms with Crippen LogP contribution in [0.2, 0.25) is 0 Å². The number of nitrogens with zero attached hydrogens (tertiary/aromatic N) is 2. The van der Waals surface area contributed by atoms with E-state index in [0.717, 1.165) is 0 Å². The normalized spacial score (nSPS) is 15.9. The van der Waals surface area contributed by atoms with Crippen molar-refractivity contribution >= 4 is 23.5 Å². The number of hydrogen-bond acceptors (Lipinski definition) is 7. The summed E-state index contributed by atoms with van der Waals surface area (Å²) in [4.78, 5) is 50.0. The second kappa shape index (κ2) is 10.1. The lowest BCUT2D eigenvalue weighted by Crippen LogP contribution is -2.38. The van der Waals surface area contributed by atoms with Crippen LogP contribution < -0.4 is 0 Å². The Labute approximate surface area is 190 Å². The minimum atomic E-state index is -0.672. The maximum atomic E-state index is 13.1. The van der Waals surface area contributed by atoms with Crippen molar-refractivity contribution in [1.82, 2.24) is 4.90 Å². The maximum Gasteiger partial charge on any atom is 0.337 e. The van der Waals surface area contributed by atoms with Gasteiger partial charge < -0.3 is 14.4 Å². The van der Waals surface area contributed by atoms with E-state index in [9.17, 15) is 24.5 Å². The molecule has 0 aromatic heterocycles. The number of rotatable bonds is 7. The molecule has 3 rings (SSSR count). The van der Waals surface area contributed by atoms with E-state index in [1.54, 1.807) is 44.2 Å². The molecular formula is C24H24N2O7. The first-order valence-electron chi connectivity index (χ1n) is 10.4. The third kappa shape index (κ3) is 5.08. The lowest BCUT2D eigenvalue weighted by molar-refractivity contribution is -0.384. The van der Waals surface area contributed by atoms with Crippen LogP contribution in [0.3, 0.4) is 0 Å². The van der Waals surface area contributed by atoms with E-state index in [0.29, 0.717) is 22.4 Å². The predicted molar refractivity (Wildman–Crippen MR) is 118 cm³/mol. The van der Waals surface area contributed by atoms with Crippen LogP contribution in [-0.2, 0) is 25.6 Å². The van der Waals surface area contributed by atoms with Gasteiger partial charge in [-0.2, -0.15) is 0 Å². The van der Waals surface area contributed by atoms with Crippen molar-refractivity contribution in [2.45, 2.75) is 32.7 Å². The number of amides is 1. The van der Waals surface area contributed by atoms with Crippen LogP contribution in [0.4, 0.5) is 5.69 Å². The fourth-order valence-electron chi connectivity index (χ4n) is 3.91. The Hall–Kier alpha value is -4.01. The lowest BCUT2D eigenvalue weighted by Gasteiger charge is -2.34. The Morgan fingerprint density at radius 3 is 2.55 bits per heavy atom. The highest BCUT2D eigenvalue weighted by Crippen LogP contribution is 2.38. The van der Waals surface area contributed by atoms with E-state index in [1.165, 1.54) is 30.2 Å². The Bertz CT molecular complexity index is 1140. The zero-order valence-corrected chi connectivity index (χ0v) is 18.6. The van der Waals surface area contributed by atoms with Gasteiger partial charge >= 0.3 is 11.9 Å². The minimum Gasteiger partial charge on any atom is -0.465 e. The predicted octanol–water partition coefficient (Wildman–Crippen LogP) is 3.73. The van der Waals surface area contributed by atoms with Crippen LogP contribution in [0.15, 0.2) is 59.8 Å². The number of ether oxygens (including phenoxy) is 2. The average Bonchev–Trinajstić information content (AvgIpc) is 2.81. The summed E-state index contributed by atoms with van der Waals surface area (Å²) in [6, 6.07) is 12.6. The number of non-ortho nitro benzene ring substituents is 1.